The largest absolute Gasteiger partial charge is 0.465 e. The highest BCUT2D eigenvalue weighted by Crippen LogP contribution is 2.41. The van der Waals surface area contributed by atoms with Crippen molar-refractivity contribution in [1.29, 1.82) is 0 Å². The van der Waals surface area contributed by atoms with Gasteiger partial charge in [0.25, 0.3) is 5.79 Å². The van der Waals surface area contributed by atoms with Gasteiger partial charge in [-0.2, -0.15) is 0 Å². The van der Waals surface area contributed by atoms with Crippen molar-refractivity contribution < 1.29 is 47.6 Å². The van der Waals surface area contributed by atoms with Crippen LogP contribution in [0.5, 0.6) is 0 Å². The molecular formula is C18H26FN3O9. The van der Waals surface area contributed by atoms with E-state index in [1.54, 1.807) is 6.92 Å². The van der Waals surface area contributed by atoms with Gasteiger partial charge in [0.15, 0.2) is 12.3 Å². The van der Waals surface area contributed by atoms with Crippen LogP contribution in [0.15, 0.2) is 5.11 Å². The number of esters is 3. The predicted octanol–water partition coefficient (Wildman–Crippen LogP) is 1.13. The lowest BCUT2D eigenvalue weighted by atomic mass is 9.78. The summed E-state index contributed by atoms with van der Waals surface area (Å²) in [7, 11) is 0.868. The van der Waals surface area contributed by atoms with E-state index in [1.165, 1.54) is 6.92 Å². The van der Waals surface area contributed by atoms with Gasteiger partial charge in [0.1, 0.15) is 18.0 Å². The molecule has 31 heavy (non-hydrogen) atoms. The highest BCUT2D eigenvalue weighted by Gasteiger charge is 2.62. The summed E-state index contributed by atoms with van der Waals surface area (Å²) in [5.74, 6) is -8.09. The lowest BCUT2D eigenvalue weighted by molar-refractivity contribution is -0.314. The maximum Gasteiger partial charge on any atom is 0.369 e. The maximum atomic E-state index is 15.2. The molecule has 1 N–H and O–H groups in total. The van der Waals surface area contributed by atoms with Gasteiger partial charge < -0.3 is 28.8 Å². The number of halogens is 1. The molecule has 0 bridgehead atoms. The molecule has 0 radical (unpaired) electrons. The smallest absolute Gasteiger partial charge is 0.369 e. The van der Waals surface area contributed by atoms with Crippen LogP contribution in [-0.4, -0.2) is 72.2 Å². The molecule has 13 heteroatoms. The minimum atomic E-state index is -3.24. The first kappa shape index (κ1) is 26.3. The normalized spacial score (nSPS) is 29.6. The summed E-state index contributed by atoms with van der Waals surface area (Å²) in [5, 5.41) is 14.0. The molecular weight excluding hydrogens is 421 g/mol. The number of carbonyl (C=O) groups is 4. The topological polar surface area (TPSA) is 174 Å². The lowest BCUT2D eigenvalue weighted by Crippen LogP contribution is -2.67. The Labute approximate surface area is 177 Å². The zero-order valence-corrected chi connectivity index (χ0v) is 17.8. The van der Waals surface area contributed by atoms with Gasteiger partial charge in [-0.25, -0.2) is 9.18 Å². The van der Waals surface area contributed by atoms with E-state index >= 15 is 4.39 Å². The number of hydrogen-bond donors (Lipinski definition) is 1. The van der Waals surface area contributed by atoms with Gasteiger partial charge in [0.2, 0.25) is 0 Å². The standard InChI is InChI=1S/C18H26FN3O9/c1-6-12(29-9(3)24)15(30-10(4)25)14-11(7-8(2)23)13(21-22-20)16(19)18(27,31-14)17(26)28-5/h11-16,27H,6-7H2,1-5H3/t11-,12-,13+,14?,15-,16?,18+/m1/s1. The molecule has 1 heterocycles. The number of nitrogens with zero attached hydrogens (tertiary/aromatic N) is 3. The maximum absolute atomic E-state index is 15.2. The molecule has 1 aliphatic rings. The highest BCUT2D eigenvalue weighted by atomic mass is 19.1. The van der Waals surface area contributed by atoms with Crippen LogP contribution >= 0.6 is 0 Å². The third-order valence-corrected chi connectivity index (χ3v) is 4.75. The Hall–Kier alpha value is -2.76. The SMILES string of the molecule is CC[C@@H](OC(C)=O)[C@@H](OC(C)=O)C1O[C@](O)(C(=O)OC)C(F)[C@@H](N=[N+]=[N-])[C@H]1CC(C)=O. The van der Waals surface area contributed by atoms with E-state index in [1.807, 2.05) is 0 Å². The number of aliphatic hydroxyl groups is 1. The summed E-state index contributed by atoms with van der Waals surface area (Å²) in [4.78, 5) is 49.9. The van der Waals surface area contributed by atoms with Crippen LogP contribution in [0, 0.1) is 5.92 Å². The number of hydrogen-bond acceptors (Lipinski definition) is 10. The average molecular weight is 447 g/mol. The van der Waals surface area contributed by atoms with Crippen molar-refractivity contribution in [3.05, 3.63) is 10.4 Å². The molecule has 0 aromatic rings. The lowest BCUT2D eigenvalue weighted by Gasteiger charge is -2.48. The van der Waals surface area contributed by atoms with Crippen LogP contribution in [-0.2, 0) is 38.1 Å². The first-order valence-electron chi connectivity index (χ1n) is 9.43. The number of rotatable bonds is 9. The van der Waals surface area contributed by atoms with Crippen LogP contribution in [0.2, 0.25) is 0 Å². The predicted molar refractivity (Wildman–Crippen MR) is 99.9 cm³/mol. The molecule has 2 unspecified atom stereocenters. The van der Waals surface area contributed by atoms with Gasteiger partial charge in [0, 0.05) is 31.1 Å². The van der Waals surface area contributed by atoms with Crippen molar-refractivity contribution in [3.63, 3.8) is 0 Å². The first-order chi connectivity index (χ1) is 14.4. The van der Waals surface area contributed by atoms with Gasteiger partial charge in [-0.1, -0.05) is 12.0 Å². The third kappa shape index (κ3) is 6.12. The van der Waals surface area contributed by atoms with Crippen LogP contribution in [0.25, 0.3) is 10.4 Å². The molecule has 0 spiro atoms. The second-order valence-corrected chi connectivity index (χ2v) is 7.07. The fourth-order valence-electron chi connectivity index (χ4n) is 3.53. The summed E-state index contributed by atoms with van der Waals surface area (Å²) in [6.45, 7) is 4.92. The molecule has 0 saturated carbocycles. The molecule has 1 aliphatic heterocycles. The average Bonchev–Trinajstić information content (AvgIpc) is 2.68. The van der Waals surface area contributed by atoms with Gasteiger partial charge in [-0.05, 0) is 18.9 Å². The summed E-state index contributed by atoms with van der Waals surface area (Å²) in [6, 6.07) is -1.77. The minimum Gasteiger partial charge on any atom is -0.465 e. The molecule has 0 aliphatic carbocycles. The van der Waals surface area contributed by atoms with Crippen LogP contribution in [0.1, 0.15) is 40.5 Å². The van der Waals surface area contributed by atoms with Crippen molar-refractivity contribution in [3.8, 4) is 0 Å². The van der Waals surface area contributed by atoms with Crippen molar-refractivity contribution in [2.45, 2.75) is 76.8 Å². The Morgan fingerprint density at radius 3 is 2.23 bits per heavy atom. The van der Waals surface area contributed by atoms with Gasteiger partial charge >= 0.3 is 17.9 Å². The second-order valence-electron chi connectivity index (χ2n) is 7.07. The van der Waals surface area contributed by atoms with Crippen LogP contribution in [0.4, 0.5) is 4.39 Å². The van der Waals surface area contributed by atoms with E-state index in [-0.39, 0.29) is 6.42 Å². The van der Waals surface area contributed by atoms with Gasteiger partial charge in [0.05, 0.1) is 13.2 Å². The van der Waals surface area contributed by atoms with Crippen molar-refractivity contribution in [2.24, 2.45) is 11.0 Å². The molecule has 0 amide bonds. The van der Waals surface area contributed by atoms with E-state index in [2.05, 4.69) is 14.8 Å². The number of azide groups is 1. The van der Waals surface area contributed by atoms with Gasteiger partial charge in [-0.15, -0.1) is 0 Å². The molecule has 0 aromatic heterocycles. The minimum absolute atomic E-state index is 0.0894. The second kappa shape index (κ2) is 11.0. The third-order valence-electron chi connectivity index (χ3n) is 4.75. The van der Waals surface area contributed by atoms with E-state index < -0.39 is 72.3 Å². The number of ether oxygens (including phenoxy) is 4. The summed E-state index contributed by atoms with van der Waals surface area (Å²) >= 11 is 0. The van der Waals surface area contributed by atoms with E-state index in [9.17, 15) is 24.3 Å². The van der Waals surface area contributed by atoms with E-state index in [0.717, 1.165) is 21.0 Å². The number of ketones is 1. The fourth-order valence-corrected chi connectivity index (χ4v) is 3.53. The molecule has 1 rings (SSSR count). The molecule has 12 nitrogen and oxygen atoms in total. The summed E-state index contributed by atoms with van der Waals surface area (Å²) in [5.41, 5.74) is 8.91. The monoisotopic (exact) mass is 447 g/mol. The number of carbonyl (C=O) groups excluding carboxylic acids is 4. The van der Waals surface area contributed by atoms with Crippen LogP contribution < -0.4 is 0 Å². The Bertz CT molecular complexity index is 758. The van der Waals surface area contributed by atoms with E-state index in [0.29, 0.717) is 0 Å². The molecule has 0 aromatic carbocycles. The fraction of sp³-hybridized carbons (Fsp3) is 0.778. The molecule has 7 atom stereocenters. The highest BCUT2D eigenvalue weighted by molar-refractivity contribution is 5.79. The zero-order valence-electron chi connectivity index (χ0n) is 17.8. The van der Waals surface area contributed by atoms with Crippen molar-refractivity contribution >= 4 is 23.7 Å². The quantitative estimate of drug-likeness (QED) is 0.179. The van der Waals surface area contributed by atoms with Crippen molar-refractivity contribution in [1.82, 2.24) is 0 Å². The summed E-state index contributed by atoms with van der Waals surface area (Å²) in [6.07, 6.45) is -7.14. The van der Waals surface area contributed by atoms with E-state index in [4.69, 9.17) is 19.7 Å². The Morgan fingerprint density at radius 1 is 1.23 bits per heavy atom. The molecule has 1 saturated heterocycles. The molecule has 174 valence electrons. The van der Waals surface area contributed by atoms with Crippen LogP contribution in [0.3, 0.4) is 0 Å². The zero-order chi connectivity index (χ0) is 23.9. The first-order valence-corrected chi connectivity index (χ1v) is 9.43. The summed E-state index contributed by atoms with van der Waals surface area (Å²) < 4.78 is 35.4. The number of methoxy groups -OCH3 is 1. The van der Waals surface area contributed by atoms with Gasteiger partial charge in [-0.3, -0.25) is 9.59 Å². The Kier molecular flexibility index (Phi) is 9.35. The number of alkyl halides is 1. The Balaban J connectivity index is 3.67. The number of Topliss-reactive ketones (excluding diaryl/α,β-unsaturated/α-hetero) is 1. The molecule has 1 fully saturated rings. The Morgan fingerprint density at radius 2 is 1.81 bits per heavy atom. The van der Waals surface area contributed by atoms with Crippen molar-refractivity contribution in [2.75, 3.05) is 7.11 Å².